The molecule has 1 saturated heterocycles. The van der Waals surface area contributed by atoms with E-state index < -0.39 is 0 Å². The number of ether oxygens (including phenoxy) is 1. The Labute approximate surface area is 144 Å². The molecule has 1 aromatic rings. The molecule has 1 heterocycles. The first-order valence-corrected chi connectivity index (χ1v) is 8.85. The number of benzene rings is 1. The summed E-state index contributed by atoms with van der Waals surface area (Å²) < 4.78 is 5.51. The van der Waals surface area contributed by atoms with Gasteiger partial charge < -0.3 is 15.0 Å². The number of ketones is 1. The van der Waals surface area contributed by atoms with E-state index in [4.69, 9.17) is 4.74 Å². The Morgan fingerprint density at radius 1 is 1.25 bits per heavy atom. The maximum absolute atomic E-state index is 12.4. The second-order valence-corrected chi connectivity index (χ2v) is 6.24. The van der Waals surface area contributed by atoms with Crippen molar-refractivity contribution in [1.82, 2.24) is 10.2 Å². The van der Waals surface area contributed by atoms with Crippen LogP contribution in [0.5, 0.6) is 5.75 Å². The lowest BCUT2D eigenvalue weighted by Crippen LogP contribution is -2.40. The molecule has 0 bridgehead atoms. The third kappa shape index (κ3) is 5.06. The Kier molecular flexibility index (Phi) is 7.25. The van der Waals surface area contributed by atoms with Gasteiger partial charge in [0.15, 0.2) is 5.78 Å². The smallest absolute Gasteiger partial charge is 0.223 e. The topological polar surface area (TPSA) is 58.6 Å². The molecule has 0 radical (unpaired) electrons. The minimum Gasteiger partial charge on any atom is -0.494 e. The predicted octanol–water partition coefficient (Wildman–Crippen LogP) is 2.65. The fourth-order valence-corrected chi connectivity index (χ4v) is 3.08. The molecule has 1 atom stereocenters. The van der Waals surface area contributed by atoms with Crippen LogP contribution in [0.3, 0.4) is 0 Å². The van der Waals surface area contributed by atoms with Crippen LogP contribution in [-0.4, -0.2) is 49.4 Å². The number of hydrogen-bond donors (Lipinski definition) is 1. The summed E-state index contributed by atoms with van der Waals surface area (Å²) in [6, 6.07) is 7.45. The first-order chi connectivity index (χ1) is 11.7. The van der Waals surface area contributed by atoms with Crippen molar-refractivity contribution < 1.29 is 14.3 Å². The van der Waals surface area contributed by atoms with Crippen molar-refractivity contribution in [2.24, 2.45) is 0 Å². The van der Waals surface area contributed by atoms with Gasteiger partial charge in [0.05, 0.1) is 6.61 Å². The molecule has 2 rings (SSSR count). The number of nitrogens with zero attached hydrogens (tertiary/aromatic N) is 1. The Hall–Kier alpha value is -1.88. The average molecular weight is 332 g/mol. The maximum Gasteiger partial charge on any atom is 0.223 e. The lowest BCUT2D eigenvalue weighted by molar-refractivity contribution is -0.131. The summed E-state index contributed by atoms with van der Waals surface area (Å²) in [6.07, 6.45) is 3.59. The van der Waals surface area contributed by atoms with Crippen molar-refractivity contribution in [2.45, 2.75) is 45.1 Å². The number of Topliss-reactive ketones (excluding diaryl/α,β-unsaturated/α-hetero) is 1. The molecule has 0 aromatic heterocycles. The Morgan fingerprint density at radius 3 is 2.67 bits per heavy atom. The molecule has 0 spiro atoms. The van der Waals surface area contributed by atoms with E-state index in [1.807, 2.05) is 24.1 Å². The first kappa shape index (κ1) is 18.5. The number of nitrogens with one attached hydrogen (secondary N) is 1. The summed E-state index contributed by atoms with van der Waals surface area (Å²) in [6.45, 7) is 4.35. The molecule has 5 heteroatoms. The van der Waals surface area contributed by atoms with Gasteiger partial charge in [0, 0.05) is 37.5 Å². The van der Waals surface area contributed by atoms with Gasteiger partial charge in [0.1, 0.15) is 5.75 Å². The summed E-state index contributed by atoms with van der Waals surface area (Å²) >= 11 is 0. The quantitative estimate of drug-likeness (QED) is 0.706. The van der Waals surface area contributed by atoms with Crippen molar-refractivity contribution in [1.29, 1.82) is 0 Å². The van der Waals surface area contributed by atoms with E-state index in [9.17, 15) is 9.59 Å². The van der Waals surface area contributed by atoms with Crippen LogP contribution < -0.4 is 10.1 Å². The lowest BCUT2D eigenvalue weighted by Gasteiger charge is -2.24. The molecule has 0 saturated carbocycles. The molecule has 1 amide bonds. The molecule has 1 unspecified atom stereocenters. The van der Waals surface area contributed by atoms with E-state index >= 15 is 0 Å². The number of hydrogen-bond acceptors (Lipinski definition) is 4. The summed E-state index contributed by atoms with van der Waals surface area (Å²) in [5.74, 6) is 0.871. The van der Waals surface area contributed by atoms with Gasteiger partial charge in [-0.15, -0.1) is 0 Å². The molecule has 1 aliphatic rings. The van der Waals surface area contributed by atoms with Crippen molar-refractivity contribution >= 4 is 11.7 Å². The van der Waals surface area contributed by atoms with E-state index in [1.165, 1.54) is 0 Å². The summed E-state index contributed by atoms with van der Waals surface area (Å²) in [5.41, 5.74) is 0.639. The number of likely N-dealkylation sites (N-methyl/N-ethyl adjacent to an activating group) is 1. The Bertz CT molecular complexity index is 542. The van der Waals surface area contributed by atoms with Crippen molar-refractivity contribution in [2.75, 3.05) is 26.7 Å². The van der Waals surface area contributed by atoms with Crippen LogP contribution in [0.15, 0.2) is 24.3 Å². The number of likely N-dealkylation sites (tertiary alicyclic amines) is 1. The van der Waals surface area contributed by atoms with Crippen LogP contribution in [0, 0.1) is 0 Å². The fraction of sp³-hybridized carbons (Fsp3) is 0.579. The van der Waals surface area contributed by atoms with Gasteiger partial charge in [-0.1, -0.05) is 6.92 Å². The normalized spacial score (nSPS) is 17.1. The molecule has 1 N–H and O–H groups in total. The Balaban J connectivity index is 1.82. The van der Waals surface area contributed by atoms with Crippen molar-refractivity contribution in [3.8, 4) is 5.75 Å². The molecule has 5 nitrogen and oxygen atoms in total. The molecular weight excluding hydrogens is 304 g/mol. The highest BCUT2D eigenvalue weighted by atomic mass is 16.5. The third-order valence-electron chi connectivity index (χ3n) is 4.35. The van der Waals surface area contributed by atoms with E-state index in [2.05, 4.69) is 12.2 Å². The second-order valence-electron chi connectivity index (χ2n) is 6.24. The maximum atomic E-state index is 12.4. The van der Waals surface area contributed by atoms with Crippen LogP contribution >= 0.6 is 0 Å². The van der Waals surface area contributed by atoms with Crippen LogP contribution in [0.4, 0.5) is 0 Å². The average Bonchev–Trinajstić information content (AvgIpc) is 3.06. The highest BCUT2D eigenvalue weighted by Gasteiger charge is 2.27. The van der Waals surface area contributed by atoms with E-state index in [1.54, 1.807) is 12.1 Å². The van der Waals surface area contributed by atoms with Gasteiger partial charge in [-0.2, -0.15) is 0 Å². The lowest BCUT2D eigenvalue weighted by atomic mass is 10.1. The van der Waals surface area contributed by atoms with Crippen LogP contribution in [-0.2, 0) is 4.79 Å². The molecule has 1 aromatic carbocycles. The van der Waals surface area contributed by atoms with Gasteiger partial charge in [-0.05, 0) is 50.6 Å². The largest absolute Gasteiger partial charge is 0.494 e. The van der Waals surface area contributed by atoms with E-state index in [0.29, 0.717) is 12.2 Å². The summed E-state index contributed by atoms with van der Waals surface area (Å²) in [4.78, 5) is 26.6. The minimum absolute atomic E-state index is 0.00903. The van der Waals surface area contributed by atoms with E-state index in [0.717, 1.165) is 38.1 Å². The summed E-state index contributed by atoms with van der Waals surface area (Å²) in [5, 5.41) is 3.13. The van der Waals surface area contributed by atoms with E-state index in [-0.39, 0.29) is 30.6 Å². The van der Waals surface area contributed by atoms with Crippen molar-refractivity contribution in [3.63, 3.8) is 0 Å². The molecule has 1 aliphatic heterocycles. The zero-order valence-corrected chi connectivity index (χ0v) is 14.7. The summed E-state index contributed by atoms with van der Waals surface area (Å²) in [7, 11) is 1.90. The predicted molar refractivity (Wildman–Crippen MR) is 94.5 cm³/mol. The molecule has 1 fully saturated rings. The van der Waals surface area contributed by atoms with Crippen LogP contribution in [0.1, 0.15) is 49.4 Å². The van der Waals surface area contributed by atoms with Crippen LogP contribution in [0.2, 0.25) is 0 Å². The standard InChI is InChI=1S/C19H28N2O3/c1-3-13-24-17-8-6-15(7-9-17)18(22)10-11-19(23)21-12-4-5-16(21)14-20-2/h6-9,16,20H,3-5,10-14H2,1-2H3. The van der Waals surface area contributed by atoms with Gasteiger partial charge in [0.25, 0.3) is 0 Å². The molecule has 24 heavy (non-hydrogen) atoms. The number of carbonyl (C=O) groups excluding carboxylic acids is 2. The first-order valence-electron chi connectivity index (χ1n) is 8.85. The van der Waals surface area contributed by atoms with Crippen molar-refractivity contribution in [3.05, 3.63) is 29.8 Å². The molecule has 0 aliphatic carbocycles. The monoisotopic (exact) mass is 332 g/mol. The molecule has 132 valence electrons. The Morgan fingerprint density at radius 2 is 2.00 bits per heavy atom. The molecular formula is C19H28N2O3. The SMILES string of the molecule is CCCOc1ccc(C(=O)CCC(=O)N2CCCC2CNC)cc1. The minimum atomic E-state index is 0.00903. The zero-order chi connectivity index (χ0) is 17.4. The third-order valence-corrected chi connectivity index (χ3v) is 4.35. The number of carbonyl (C=O) groups is 2. The zero-order valence-electron chi connectivity index (χ0n) is 14.7. The van der Waals surface area contributed by atoms with Gasteiger partial charge in [-0.25, -0.2) is 0 Å². The van der Waals surface area contributed by atoms with Gasteiger partial charge in [0.2, 0.25) is 5.91 Å². The fourth-order valence-electron chi connectivity index (χ4n) is 3.08. The van der Waals surface area contributed by atoms with Crippen LogP contribution in [0.25, 0.3) is 0 Å². The highest BCUT2D eigenvalue weighted by molar-refractivity contribution is 5.98. The van der Waals surface area contributed by atoms with Gasteiger partial charge >= 0.3 is 0 Å². The number of rotatable bonds is 9. The number of amides is 1. The van der Waals surface area contributed by atoms with Gasteiger partial charge in [-0.3, -0.25) is 9.59 Å². The highest BCUT2D eigenvalue weighted by Crippen LogP contribution is 2.19. The second kappa shape index (κ2) is 9.42.